The zero-order chi connectivity index (χ0) is 15.7. The van der Waals surface area contributed by atoms with Gasteiger partial charge in [0.2, 0.25) is 0 Å². The number of aromatic nitrogens is 1. The minimum Gasteiger partial charge on any atom is -0.366 e. The fourth-order valence-corrected chi connectivity index (χ4v) is 2.75. The average Bonchev–Trinajstić information content (AvgIpc) is 2.90. The Morgan fingerprint density at radius 2 is 2.14 bits per heavy atom. The minimum absolute atomic E-state index is 0.265. The van der Waals surface area contributed by atoms with Gasteiger partial charge in [0.25, 0.3) is 11.8 Å². The molecule has 0 saturated heterocycles. The van der Waals surface area contributed by atoms with Crippen LogP contribution in [0.2, 0.25) is 0 Å². The van der Waals surface area contributed by atoms with E-state index < -0.39 is 5.91 Å². The molecule has 1 aromatic carbocycles. The summed E-state index contributed by atoms with van der Waals surface area (Å²) in [6.45, 7) is 2.14. The zero-order valence-corrected chi connectivity index (χ0v) is 12.3. The Hall–Kier alpha value is -2.63. The summed E-state index contributed by atoms with van der Waals surface area (Å²) in [5.41, 5.74) is 7.12. The number of fused-ring (bicyclic) bond motifs is 1. The molecule has 2 amide bonds. The van der Waals surface area contributed by atoms with Crippen LogP contribution < -0.4 is 11.1 Å². The summed E-state index contributed by atoms with van der Waals surface area (Å²) < 4.78 is 5.27. The molecule has 22 heavy (non-hydrogen) atoms. The van der Waals surface area contributed by atoms with Crippen LogP contribution in [0.3, 0.4) is 0 Å². The molecule has 0 spiro atoms. The molecule has 3 N–H and O–H groups in total. The van der Waals surface area contributed by atoms with Crippen LogP contribution in [0.25, 0.3) is 0 Å². The highest BCUT2D eigenvalue weighted by atomic mass is 16.5. The van der Waals surface area contributed by atoms with E-state index in [1.807, 2.05) is 0 Å². The second-order valence-corrected chi connectivity index (χ2v) is 5.64. The number of anilines is 1. The first-order chi connectivity index (χ1) is 10.6. The number of nitrogens with two attached hydrogens (primary N) is 1. The van der Waals surface area contributed by atoms with Crippen molar-refractivity contribution >= 4 is 17.5 Å². The molecule has 0 radical (unpaired) electrons. The quantitative estimate of drug-likeness (QED) is 0.907. The fraction of sp³-hybridized carbons (Fsp3) is 0.312. The Labute approximate surface area is 127 Å². The number of carbonyl (C=O) groups is 2. The Morgan fingerprint density at radius 1 is 1.36 bits per heavy atom. The molecule has 1 heterocycles. The van der Waals surface area contributed by atoms with Crippen molar-refractivity contribution in [2.75, 3.05) is 5.32 Å². The van der Waals surface area contributed by atoms with Crippen LogP contribution in [0.1, 0.15) is 45.5 Å². The number of hydrogen-bond donors (Lipinski definition) is 2. The third-order valence-corrected chi connectivity index (χ3v) is 3.94. The van der Waals surface area contributed by atoms with Crippen LogP contribution in [-0.4, -0.2) is 17.0 Å². The molecular weight excluding hydrogens is 282 g/mol. The zero-order valence-electron chi connectivity index (χ0n) is 12.3. The van der Waals surface area contributed by atoms with E-state index in [0.717, 1.165) is 30.6 Å². The Balaban J connectivity index is 1.87. The van der Waals surface area contributed by atoms with Crippen molar-refractivity contribution in [1.82, 2.24) is 5.16 Å². The number of carbonyl (C=O) groups excluding carboxylic acids is 2. The van der Waals surface area contributed by atoms with Crippen LogP contribution >= 0.6 is 0 Å². The van der Waals surface area contributed by atoms with Gasteiger partial charge in [0, 0.05) is 12.0 Å². The monoisotopic (exact) mass is 299 g/mol. The highest BCUT2D eigenvalue weighted by Gasteiger charge is 2.27. The van der Waals surface area contributed by atoms with Gasteiger partial charge in [-0.05, 0) is 30.9 Å². The number of aryl methyl sites for hydroxylation is 1. The number of primary amides is 1. The van der Waals surface area contributed by atoms with Crippen LogP contribution in [0, 0.1) is 5.92 Å². The molecule has 6 heteroatoms. The van der Waals surface area contributed by atoms with Crippen LogP contribution in [-0.2, 0) is 12.8 Å². The molecule has 1 aromatic heterocycles. The first kappa shape index (κ1) is 14.3. The van der Waals surface area contributed by atoms with E-state index in [4.69, 9.17) is 10.3 Å². The van der Waals surface area contributed by atoms with Gasteiger partial charge in [-0.3, -0.25) is 9.59 Å². The van der Waals surface area contributed by atoms with E-state index in [9.17, 15) is 9.59 Å². The van der Waals surface area contributed by atoms with E-state index in [1.54, 1.807) is 24.3 Å². The molecule has 1 atom stereocenters. The average molecular weight is 299 g/mol. The number of para-hydroxylation sites is 1. The van der Waals surface area contributed by atoms with Crippen molar-refractivity contribution in [3.63, 3.8) is 0 Å². The number of amides is 2. The third kappa shape index (κ3) is 2.59. The first-order valence-electron chi connectivity index (χ1n) is 7.24. The number of nitrogens with one attached hydrogen (secondary N) is 1. The van der Waals surface area contributed by atoms with Gasteiger partial charge >= 0.3 is 0 Å². The molecule has 1 aliphatic rings. The van der Waals surface area contributed by atoms with Crippen LogP contribution in [0.15, 0.2) is 28.8 Å². The lowest BCUT2D eigenvalue weighted by Crippen LogP contribution is -2.20. The normalized spacial score (nSPS) is 16.9. The minimum atomic E-state index is -0.591. The highest BCUT2D eigenvalue weighted by molar-refractivity contribution is 6.08. The molecule has 2 aromatic rings. The lowest BCUT2D eigenvalue weighted by Gasteiger charge is -2.16. The number of nitrogens with zero attached hydrogens (tertiary/aromatic N) is 1. The molecule has 0 bridgehead atoms. The second kappa shape index (κ2) is 5.63. The standard InChI is InChI=1S/C16H17N3O3/c1-9-6-7-13-11(8-9)14(19-22-13)16(21)18-12-5-3-2-4-10(12)15(17)20/h2-5,9H,6-8H2,1H3,(H2,17,20)(H,18,21). The largest absolute Gasteiger partial charge is 0.366 e. The van der Waals surface area contributed by atoms with Gasteiger partial charge < -0.3 is 15.6 Å². The van der Waals surface area contributed by atoms with Gasteiger partial charge in [-0.15, -0.1) is 0 Å². The maximum absolute atomic E-state index is 12.4. The van der Waals surface area contributed by atoms with Gasteiger partial charge in [0.05, 0.1) is 11.3 Å². The summed E-state index contributed by atoms with van der Waals surface area (Å²) in [7, 11) is 0. The number of rotatable bonds is 3. The smallest absolute Gasteiger partial charge is 0.278 e. The molecular formula is C16H17N3O3. The number of benzene rings is 1. The van der Waals surface area contributed by atoms with Gasteiger partial charge in [0.15, 0.2) is 5.69 Å². The first-order valence-corrected chi connectivity index (χ1v) is 7.24. The van der Waals surface area contributed by atoms with Crippen LogP contribution in [0.5, 0.6) is 0 Å². The number of hydrogen-bond acceptors (Lipinski definition) is 4. The Morgan fingerprint density at radius 3 is 2.91 bits per heavy atom. The van der Waals surface area contributed by atoms with Crippen LogP contribution in [0.4, 0.5) is 5.69 Å². The van der Waals surface area contributed by atoms with E-state index in [-0.39, 0.29) is 11.5 Å². The van der Waals surface area contributed by atoms with Crippen molar-refractivity contribution in [2.24, 2.45) is 11.7 Å². The highest BCUT2D eigenvalue weighted by Crippen LogP contribution is 2.28. The lowest BCUT2D eigenvalue weighted by molar-refractivity contribution is 0.100. The van der Waals surface area contributed by atoms with E-state index in [1.165, 1.54) is 0 Å². The van der Waals surface area contributed by atoms with Gasteiger partial charge in [-0.25, -0.2) is 0 Å². The maximum Gasteiger partial charge on any atom is 0.278 e. The van der Waals surface area contributed by atoms with Gasteiger partial charge in [-0.2, -0.15) is 0 Å². The Kier molecular flexibility index (Phi) is 3.66. The predicted octanol–water partition coefficient (Wildman–Crippen LogP) is 2.15. The molecule has 0 aliphatic heterocycles. The van der Waals surface area contributed by atoms with E-state index in [2.05, 4.69) is 17.4 Å². The second-order valence-electron chi connectivity index (χ2n) is 5.64. The maximum atomic E-state index is 12.4. The Bertz CT molecular complexity index is 736. The molecule has 6 nitrogen and oxygen atoms in total. The molecule has 114 valence electrons. The van der Waals surface area contributed by atoms with Crippen molar-refractivity contribution in [2.45, 2.75) is 26.2 Å². The van der Waals surface area contributed by atoms with Crippen molar-refractivity contribution < 1.29 is 14.1 Å². The van der Waals surface area contributed by atoms with E-state index in [0.29, 0.717) is 17.3 Å². The van der Waals surface area contributed by atoms with Crippen molar-refractivity contribution in [3.8, 4) is 0 Å². The summed E-state index contributed by atoms with van der Waals surface area (Å²) >= 11 is 0. The summed E-state index contributed by atoms with van der Waals surface area (Å²) in [6, 6.07) is 6.61. The molecule has 0 fully saturated rings. The fourth-order valence-electron chi connectivity index (χ4n) is 2.75. The van der Waals surface area contributed by atoms with E-state index >= 15 is 0 Å². The summed E-state index contributed by atoms with van der Waals surface area (Å²) in [6.07, 6.45) is 2.61. The SMILES string of the molecule is CC1CCc2onc(C(=O)Nc3ccccc3C(N)=O)c2C1. The molecule has 1 unspecified atom stereocenters. The predicted molar refractivity (Wildman–Crippen MR) is 80.6 cm³/mol. The third-order valence-electron chi connectivity index (χ3n) is 3.94. The molecule has 3 rings (SSSR count). The van der Waals surface area contributed by atoms with Crippen molar-refractivity contribution in [1.29, 1.82) is 0 Å². The summed E-state index contributed by atoms with van der Waals surface area (Å²) in [4.78, 5) is 23.8. The van der Waals surface area contributed by atoms with Crippen molar-refractivity contribution in [3.05, 3.63) is 46.8 Å². The topological polar surface area (TPSA) is 98.2 Å². The van der Waals surface area contributed by atoms with Gasteiger partial charge in [-0.1, -0.05) is 24.2 Å². The molecule has 0 saturated carbocycles. The molecule has 1 aliphatic carbocycles. The summed E-state index contributed by atoms with van der Waals surface area (Å²) in [5, 5.41) is 6.60. The lowest BCUT2D eigenvalue weighted by atomic mass is 9.88. The summed E-state index contributed by atoms with van der Waals surface area (Å²) in [5.74, 6) is 0.308. The van der Waals surface area contributed by atoms with Gasteiger partial charge in [0.1, 0.15) is 5.76 Å².